The summed E-state index contributed by atoms with van der Waals surface area (Å²) in [4.78, 5) is 14.0. The number of alkyl halides is 3. The van der Waals surface area contributed by atoms with E-state index in [1.807, 2.05) is 11.9 Å². The summed E-state index contributed by atoms with van der Waals surface area (Å²) in [5, 5.41) is 0. The Bertz CT molecular complexity index is 533. The molecular weight excluding hydrogens is 299 g/mol. The predicted molar refractivity (Wildman–Crippen MR) is 73.5 cm³/mol. The first-order valence-corrected chi connectivity index (χ1v) is 7.01. The number of likely N-dealkylation sites (tertiary alicyclic amines) is 1. The fourth-order valence-corrected chi connectivity index (χ4v) is 2.77. The third-order valence-corrected chi connectivity index (χ3v) is 3.61. The Morgan fingerprint density at radius 3 is 2.73 bits per heavy atom. The van der Waals surface area contributed by atoms with Crippen LogP contribution in [0, 0.1) is 5.92 Å². The zero-order valence-corrected chi connectivity index (χ0v) is 12.4. The van der Waals surface area contributed by atoms with Gasteiger partial charge in [-0.3, -0.25) is 4.79 Å². The second kappa shape index (κ2) is 6.56. The lowest BCUT2D eigenvalue weighted by Crippen LogP contribution is -2.24. The first kappa shape index (κ1) is 16.6. The quantitative estimate of drug-likeness (QED) is 0.801. The third kappa shape index (κ3) is 4.13. The zero-order valence-electron chi connectivity index (χ0n) is 12.4. The Balaban J connectivity index is 2.21. The van der Waals surface area contributed by atoms with Gasteiger partial charge in [0.25, 0.3) is 0 Å². The van der Waals surface area contributed by atoms with Crippen molar-refractivity contribution in [1.82, 2.24) is 4.90 Å². The van der Waals surface area contributed by atoms with Gasteiger partial charge in [0.2, 0.25) is 0 Å². The molecule has 1 heterocycles. The minimum Gasteiger partial charge on any atom is -0.466 e. The average Bonchev–Trinajstić information content (AvgIpc) is 2.79. The van der Waals surface area contributed by atoms with E-state index in [1.54, 1.807) is 13.0 Å². The molecule has 4 nitrogen and oxygen atoms in total. The number of carbonyl (C=O) groups excluding carboxylic acids is 1. The van der Waals surface area contributed by atoms with Crippen LogP contribution < -0.4 is 4.74 Å². The minimum atomic E-state index is -4.73. The number of benzene rings is 1. The SMILES string of the molecule is CCOC(=O)C1CN(C)CC1c1cccc(OC(F)(F)F)c1. The Hall–Kier alpha value is -1.76. The van der Waals surface area contributed by atoms with Crippen LogP contribution >= 0.6 is 0 Å². The third-order valence-electron chi connectivity index (χ3n) is 3.61. The van der Waals surface area contributed by atoms with Crippen molar-refractivity contribution in [2.24, 2.45) is 5.92 Å². The van der Waals surface area contributed by atoms with Gasteiger partial charge < -0.3 is 14.4 Å². The molecule has 0 aliphatic carbocycles. The molecule has 22 heavy (non-hydrogen) atoms. The molecule has 2 rings (SSSR count). The molecule has 0 saturated carbocycles. The highest BCUT2D eigenvalue weighted by Crippen LogP contribution is 2.35. The van der Waals surface area contributed by atoms with E-state index < -0.39 is 6.36 Å². The number of nitrogens with zero attached hydrogens (tertiary/aromatic N) is 1. The van der Waals surface area contributed by atoms with Gasteiger partial charge in [-0.05, 0) is 31.7 Å². The number of ether oxygens (including phenoxy) is 2. The Morgan fingerprint density at radius 1 is 1.36 bits per heavy atom. The van der Waals surface area contributed by atoms with Gasteiger partial charge in [-0.25, -0.2) is 0 Å². The summed E-state index contributed by atoms with van der Waals surface area (Å²) in [6.45, 7) is 3.11. The average molecular weight is 317 g/mol. The summed E-state index contributed by atoms with van der Waals surface area (Å²) >= 11 is 0. The molecule has 7 heteroatoms. The molecule has 0 amide bonds. The molecule has 2 unspecified atom stereocenters. The Labute approximate surface area is 126 Å². The minimum absolute atomic E-state index is 0.208. The van der Waals surface area contributed by atoms with Crippen molar-refractivity contribution < 1.29 is 27.4 Å². The summed E-state index contributed by atoms with van der Waals surface area (Å²) in [5.41, 5.74) is 0.643. The van der Waals surface area contributed by atoms with Crippen LogP contribution in [-0.2, 0) is 9.53 Å². The molecule has 1 aromatic carbocycles. The van der Waals surface area contributed by atoms with Crippen LogP contribution in [0.5, 0.6) is 5.75 Å². The molecule has 0 spiro atoms. The lowest BCUT2D eigenvalue weighted by molar-refractivity contribution is -0.274. The molecule has 122 valence electrons. The number of likely N-dealkylation sites (N-methyl/N-ethyl adjacent to an activating group) is 1. The molecule has 1 aromatic rings. The van der Waals surface area contributed by atoms with E-state index in [0.717, 1.165) is 0 Å². The van der Waals surface area contributed by atoms with E-state index in [-0.39, 0.29) is 30.2 Å². The van der Waals surface area contributed by atoms with Crippen LogP contribution in [0.1, 0.15) is 18.4 Å². The van der Waals surface area contributed by atoms with E-state index in [9.17, 15) is 18.0 Å². The Morgan fingerprint density at radius 2 is 2.09 bits per heavy atom. The summed E-state index contributed by atoms with van der Waals surface area (Å²) in [6.07, 6.45) is -4.73. The molecule has 0 N–H and O–H groups in total. The van der Waals surface area contributed by atoms with Gasteiger partial charge in [0, 0.05) is 19.0 Å². The number of hydrogen-bond donors (Lipinski definition) is 0. The first-order valence-electron chi connectivity index (χ1n) is 7.01. The van der Waals surface area contributed by atoms with Crippen molar-refractivity contribution in [3.8, 4) is 5.75 Å². The number of carbonyl (C=O) groups is 1. The molecule has 0 bridgehead atoms. The molecule has 0 aromatic heterocycles. The van der Waals surface area contributed by atoms with E-state index in [2.05, 4.69) is 4.74 Å². The largest absolute Gasteiger partial charge is 0.573 e. The van der Waals surface area contributed by atoms with Crippen LogP contribution in [0.3, 0.4) is 0 Å². The summed E-state index contributed by atoms with van der Waals surface area (Å²) in [7, 11) is 1.86. The topological polar surface area (TPSA) is 38.8 Å². The van der Waals surface area contributed by atoms with Crippen molar-refractivity contribution in [3.05, 3.63) is 29.8 Å². The lowest BCUT2D eigenvalue weighted by Gasteiger charge is -2.18. The van der Waals surface area contributed by atoms with E-state index in [1.165, 1.54) is 18.2 Å². The second-order valence-electron chi connectivity index (χ2n) is 5.31. The zero-order chi connectivity index (χ0) is 16.3. The Kier molecular flexibility index (Phi) is 4.95. The number of halogens is 3. The van der Waals surface area contributed by atoms with Crippen molar-refractivity contribution >= 4 is 5.97 Å². The van der Waals surface area contributed by atoms with Crippen molar-refractivity contribution in [2.45, 2.75) is 19.2 Å². The summed E-state index contributed by atoms with van der Waals surface area (Å²) in [6, 6.07) is 5.79. The van der Waals surface area contributed by atoms with E-state index >= 15 is 0 Å². The van der Waals surface area contributed by atoms with Crippen LogP contribution in [-0.4, -0.2) is 44.0 Å². The van der Waals surface area contributed by atoms with Crippen molar-refractivity contribution in [2.75, 3.05) is 26.7 Å². The molecule has 1 fully saturated rings. The molecule has 1 aliphatic heterocycles. The lowest BCUT2D eigenvalue weighted by atomic mass is 9.89. The van der Waals surface area contributed by atoms with Gasteiger partial charge in [-0.2, -0.15) is 0 Å². The normalized spacial score (nSPS) is 22.6. The van der Waals surface area contributed by atoms with Crippen molar-refractivity contribution in [3.63, 3.8) is 0 Å². The maximum atomic E-state index is 12.3. The fraction of sp³-hybridized carbons (Fsp3) is 0.533. The van der Waals surface area contributed by atoms with Crippen LogP contribution in [0.15, 0.2) is 24.3 Å². The summed E-state index contributed by atoms with van der Waals surface area (Å²) < 4.78 is 45.9. The predicted octanol–water partition coefficient (Wildman–Crippen LogP) is 2.79. The maximum Gasteiger partial charge on any atom is 0.573 e. The van der Waals surface area contributed by atoms with E-state index in [0.29, 0.717) is 18.7 Å². The molecule has 1 aliphatic rings. The summed E-state index contributed by atoms with van der Waals surface area (Å²) in [5.74, 6) is -1.19. The molecule has 1 saturated heterocycles. The van der Waals surface area contributed by atoms with Crippen LogP contribution in [0.25, 0.3) is 0 Å². The first-order chi connectivity index (χ1) is 10.3. The van der Waals surface area contributed by atoms with Gasteiger partial charge in [0.1, 0.15) is 5.75 Å². The van der Waals surface area contributed by atoms with Gasteiger partial charge in [-0.1, -0.05) is 12.1 Å². The smallest absolute Gasteiger partial charge is 0.466 e. The highest BCUT2D eigenvalue weighted by Gasteiger charge is 2.38. The second-order valence-corrected chi connectivity index (χ2v) is 5.31. The fourth-order valence-electron chi connectivity index (χ4n) is 2.77. The van der Waals surface area contributed by atoms with E-state index in [4.69, 9.17) is 4.74 Å². The van der Waals surface area contributed by atoms with Crippen molar-refractivity contribution in [1.29, 1.82) is 0 Å². The molecule has 2 atom stereocenters. The highest BCUT2D eigenvalue weighted by molar-refractivity contribution is 5.74. The van der Waals surface area contributed by atoms with Gasteiger partial charge in [0.15, 0.2) is 0 Å². The maximum absolute atomic E-state index is 12.3. The van der Waals surface area contributed by atoms with Crippen LogP contribution in [0.4, 0.5) is 13.2 Å². The van der Waals surface area contributed by atoms with Gasteiger partial charge in [0.05, 0.1) is 12.5 Å². The number of hydrogen-bond acceptors (Lipinski definition) is 4. The van der Waals surface area contributed by atoms with Crippen LogP contribution in [0.2, 0.25) is 0 Å². The van der Waals surface area contributed by atoms with Gasteiger partial charge in [-0.15, -0.1) is 13.2 Å². The monoisotopic (exact) mass is 317 g/mol. The highest BCUT2D eigenvalue weighted by atomic mass is 19.4. The number of esters is 1. The molecule has 0 radical (unpaired) electrons. The molecular formula is C15H18F3NO3. The standard InChI is InChI=1S/C15H18F3NO3/c1-3-21-14(20)13-9-19(2)8-12(13)10-5-4-6-11(7-10)22-15(16,17)18/h4-7,12-13H,3,8-9H2,1-2H3. The van der Waals surface area contributed by atoms with Gasteiger partial charge >= 0.3 is 12.3 Å². The number of rotatable bonds is 4.